The average molecular weight is 251 g/mol. The Morgan fingerprint density at radius 1 is 1.35 bits per heavy atom. The number of benzene rings is 1. The predicted octanol–water partition coefficient (Wildman–Crippen LogP) is 1.67. The van der Waals surface area contributed by atoms with E-state index >= 15 is 0 Å². The maximum Gasteiger partial charge on any atom is 0.0423 e. The number of nitrogens with two attached hydrogens (primary N) is 1. The summed E-state index contributed by atoms with van der Waals surface area (Å²) in [5.74, 6) is 1.10. The number of rotatable bonds is 4. The molecule has 1 aliphatic rings. The molecule has 0 amide bonds. The minimum absolute atomic E-state index is 0.627. The van der Waals surface area contributed by atoms with E-state index < -0.39 is 0 Å². The minimum Gasteiger partial charge on any atom is -0.369 e. The van der Waals surface area contributed by atoms with Crippen molar-refractivity contribution in [2.75, 3.05) is 36.8 Å². The van der Waals surface area contributed by atoms with Crippen molar-refractivity contribution in [1.29, 1.82) is 0 Å². The molecule has 3 N–H and O–H groups in total. The first kappa shape index (κ1) is 12.7. The van der Waals surface area contributed by atoms with Gasteiger partial charge >= 0.3 is 0 Å². The summed E-state index contributed by atoms with van der Waals surface area (Å²) in [5, 5.41) is 3.38. The molecule has 0 aliphatic carbocycles. The molecule has 0 radical (unpaired) electrons. The zero-order valence-electron chi connectivity index (χ0n) is 10.4. The van der Waals surface area contributed by atoms with Crippen LogP contribution in [-0.4, -0.2) is 31.9 Å². The van der Waals surface area contributed by atoms with E-state index in [2.05, 4.69) is 35.3 Å². The zero-order valence-corrected chi connectivity index (χ0v) is 11.2. The summed E-state index contributed by atoms with van der Waals surface area (Å²) in [7, 11) is 0. The Bertz CT molecular complexity index is 362. The second kappa shape index (κ2) is 6.28. The Morgan fingerprint density at radius 3 is 2.76 bits per heavy atom. The van der Waals surface area contributed by atoms with Crippen LogP contribution in [0.4, 0.5) is 5.69 Å². The van der Waals surface area contributed by atoms with Crippen LogP contribution >= 0.6 is 11.8 Å². The van der Waals surface area contributed by atoms with Gasteiger partial charge in [0.2, 0.25) is 0 Å². The van der Waals surface area contributed by atoms with E-state index in [1.54, 1.807) is 0 Å². The summed E-state index contributed by atoms with van der Waals surface area (Å²) < 4.78 is 0. The average Bonchev–Trinajstić information content (AvgIpc) is 2.40. The van der Waals surface area contributed by atoms with Crippen molar-refractivity contribution in [3.8, 4) is 0 Å². The molecule has 94 valence electrons. The molecule has 1 fully saturated rings. The first-order valence-electron chi connectivity index (χ1n) is 6.27. The normalized spacial score (nSPS) is 16.2. The molecule has 1 aromatic carbocycles. The topological polar surface area (TPSA) is 41.3 Å². The fourth-order valence-electron chi connectivity index (χ4n) is 2.25. The Morgan fingerprint density at radius 2 is 2.12 bits per heavy atom. The molecule has 0 saturated carbocycles. The molecule has 0 aromatic heterocycles. The number of piperazine rings is 1. The van der Waals surface area contributed by atoms with Crippen LogP contribution in [-0.2, 0) is 6.54 Å². The van der Waals surface area contributed by atoms with Gasteiger partial charge in [-0.2, -0.15) is 0 Å². The maximum atomic E-state index is 5.93. The van der Waals surface area contributed by atoms with Gasteiger partial charge in [0.1, 0.15) is 0 Å². The Balaban J connectivity index is 2.28. The van der Waals surface area contributed by atoms with Crippen LogP contribution in [0.3, 0.4) is 0 Å². The largest absolute Gasteiger partial charge is 0.369 e. The summed E-state index contributed by atoms with van der Waals surface area (Å²) in [6.07, 6.45) is 0. The summed E-state index contributed by atoms with van der Waals surface area (Å²) in [6, 6.07) is 6.53. The number of anilines is 1. The van der Waals surface area contributed by atoms with Gasteiger partial charge in [-0.3, -0.25) is 0 Å². The predicted molar refractivity (Wildman–Crippen MR) is 75.8 cm³/mol. The SMILES string of the molecule is CCSc1cccc(N2CCNCC2)c1CN. The van der Waals surface area contributed by atoms with E-state index in [1.807, 2.05) is 11.8 Å². The van der Waals surface area contributed by atoms with Crippen molar-refractivity contribution >= 4 is 17.4 Å². The summed E-state index contributed by atoms with van der Waals surface area (Å²) in [6.45, 7) is 7.09. The van der Waals surface area contributed by atoms with Crippen LogP contribution in [0.1, 0.15) is 12.5 Å². The van der Waals surface area contributed by atoms with Gasteiger partial charge in [-0.15, -0.1) is 11.8 Å². The fourth-order valence-corrected chi connectivity index (χ4v) is 3.10. The molecule has 17 heavy (non-hydrogen) atoms. The molecule has 0 atom stereocenters. The van der Waals surface area contributed by atoms with Crippen LogP contribution in [0.25, 0.3) is 0 Å². The monoisotopic (exact) mass is 251 g/mol. The van der Waals surface area contributed by atoms with Crippen molar-refractivity contribution in [3.63, 3.8) is 0 Å². The summed E-state index contributed by atoms with van der Waals surface area (Å²) >= 11 is 1.88. The molecule has 1 aromatic rings. The number of hydrogen-bond acceptors (Lipinski definition) is 4. The number of thioether (sulfide) groups is 1. The lowest BCUT2D eigenvalue weighted by Gasteiger charge is -2.31. The van der Waals surface area contributed by atoms with Crippen molar-refractivity contribution in [2.24, 2.45) is 5.73 Å². The van der Waals surface area contributed by atoms with Crippen LogP contribution in [0.5, 0.6) is 0 Å². The van der Waals surface area contributed by atoms with Crippen LogP contribution in [0.15, 0.2) is 23.1 Å². The molecular weight excluding hydrogens is 230 g/mol. The van der Waals surface area contributed by atoms with Gasteiger partial charge in [-0.25, -0.2) is 0 Å². The van der Waals surface area contributed by atoms with Crippen LogP contribution in [0, 0.1) is 0 Å². The highest BCUT2D eigenvalue weighted by molar-refractivity contribution is 7.99. The van der Waals surface area contributed by atoms with E-state index in [1.165, 1.54) is 16.1 Å². The lowest BCUT2D eigenvalue weighted by molar-refractivity contribution is 0.587. The molecule has 0 bridgehead atoms. The summed E-state index contributed by atoms with van der Waals surface area (Å²) in [4.78, 5) is 3.78. The Kier molecular flexibility index (Phi) is 4.71. The number of nitrogens with zero attached hydrogens (tertiary/aromatic N) is 1. The Labute approximate surface area is 108 Å². The highest BCUT2D eigenvalue weighted by Crippen LogP contribution is 2.30. The van der Waals surface area contributed by atoms with Gasteiger partial charge in [0.15, 0.2) is 0 Å². The molecular formula is C13H21N3S. The van der Waals surface area contributed by atoms with Crippen molar-refractivity contribution < 1.29 is 0 Å². The third-order valence-corrected chi connectivity index (χ3v) is 4.05. The first-order chi connectivity index (χ1) is 8.36. The second-order valence-corrected chi connectivity index (χ2v) is 5.43. The van der Waals surface area contributed by atoms with E-state index in [-0.39, 0.29) is 0 Å². The van der Waals surface area contributed by atoms with Gasteiger partial charge in [-0.1, -0.05) is 13.0 Å². The van der Waals surface area contributed by atoms with Crippen molar-refractivity contribution in [3.05, 3.63) is 23.8 Å². The minimum atomic E-state index is 0.627. The van der Waals surface area contributed by atoms with Gasteiger partial charge in [0, 0.05) is 48.9 Å². The smallest absolute Gasteiger partial charge is 0.0423 e. The second-order valence-electron chi connectivity index (χ2n) is 4.13. The van der Waals surface area contributed by atoms with E-state index in [0.29, 0.717) is 6.54 Å². The standard InChI is InChI=1S/C13H21N3S/c1-2-17-13-5-3-4-12(11(13)10-14)16-8-6-15-7-9-16/h3-5,15H,2,6-10,14H2,1H3. The lowest BCUT2D eigenvalue weighted by Crippen LogP contribution is -2.44. The molecule has 1 saturated heterocycles. The summed E-state index contributed by atoms with van der Waals surface area (Å²) in [5.41, 5.74) is 8.57. The van der Waals surface area contributed by atoms with E-state index in [0.717, 1.165) is 31.9 Å². The third kappa shape index (κ3) is 2.94. The highest BCUT2D eigenvalue weighted by Gasteiger charge is 2.15. The van der Waals surface area contributed by atoms with Crippen molar-refractivity contribution in [1.82, 2.24) is 5.32 Å². The molecule has 3 nitrogen and oxygen atoms in total. The van der Waals surface area contributed by atoms with Crippen LogP contribution in [0.2, 0.25) is 0 Å². The fraction of sp³-hybridized carbons (Fsp3) is 0.538. The van der Waals surface area contributed by atoms with Crippen molar-refractivity contribution in [2.45, 2.75) is 18.4 Å². The highest BCUT2D eigenvalue weighted by atomic mass is 32.2. The third-order valence-electron chi connectivity index (χ3n) is 3.07. The first-order valence-corrected chi connectivity index (χ1v) is 7.25. The van der Waals surface area contributed by atoms with E-state index in [4.69, 9.17) is 5.73 Å². The molecule has 1 heterocycles. The maximum absolute atomic E-state index is 5.93. The molecule has 0 spiro atoms. The lowest BCUT2D eigenvalue weighted by atomic mass is 10.1. The van der Waals surface area contributed by atoms with Gasteiger partial charge in [-0.05, 0) is 17.9 Å². The molecule has 0 unspecified atom stereocenters. The van der Waals surface area contributed by atoms with E-state index in [9.17, 15) is 0 Å². The number of hydrogen-bond donors (Lipinski definition) is 2. The quantitative estimate of drug-likeness (QED) is 0.799. The Hall–Kier alpha value is -0.710. The number of nitrogens with one attached hydrogen (secondary N) is 1. The van der Waals surface area contributed by atoms with Gasteiger partial charge < -0.3 is 16.0 Å². The van der Waals surface area contributed by atoms with Crippen LogP contribution < -0.4 is 16.0 Å². The molecule has 2 rings (SSSR count). The molecule has 1 aliphatic heterocycles. The van der Waals surface area contributed by atoms with Gasteiger partial charge in [0.25, 0.3) is 0 Å². The molecule has 4 heteroatoms. The van der Waals surface area contributed by atoms with Gasteiger partial charge in [0.05, 0.1) is 0 Å². The zero-order chi connectivity index (χ0) is 12.1.